The molecule has 0 spiro atoms. The second-order valence-electron chi connectivity index (χ2n) is 5.01. The van der Waals surface area contributed by atoms with E-state index in [-0.39, 0.29) is 0 Å². The number of likely N-dealkylation sites (N-methyl/N-ethyl adjacent to an activating group) is 1. The summed E-state index contributed by atoms with van der Waals surface area (Å²) in [6.45, 7) is 6.69. The molecule has 1 heterocycles. The summed E-state index contributed by atoms with van der Waals surface area (Å²) in [6.07, 6.45) is 1.07. The number of hydrogen-bond donors (Lipinski definition) is 2. The molecule has 0 fully saturated rings. The zero-order valence-corrected chi connectivity index (χ0v) is 14.4. The van der Waals surface area contributed by atoms with Gasteiger partial charge in [-0.25, -0.2) is 0 Å². The van der Waals surface area contributed by atoms with Crippen LogP contribution >= 0.6 is 11.3 Å². The number of aryl methyl sites for hydroxylation is 1. The van der Waals surface area contributed by atoms with E-state index >= 15 is 0 Å². The van der Waals surface area contributed by atoms with Gasteiger partial charge in [0.1, 0.15) is 0 Å². The van der Waals surface area contributed by atoms with Gasteiger partial charge in [-0.3, -0.25) is 4.99 Å². The molecular formula is C15H28N4OS. The number of guanidine groups is 1. The lowest BCUT2D eigenvalue weighted by Gasteiger charge is -2.18. The number of nitrogens with zero attached hydrogens (tertiary/aromatic N) is 2. The van der Waals surface area contributed by atoms with Crippen LogP contribution in [-0.2, 0) is 11.3 Å². The molecule has 5 nitrogen and oxygen atoms in total. The maximum absolute atomic E-state index is 5.06. The Morgan fingerprint density at radius 1 is 1.33 bits per heavy atom. The van der Waals surface area contributed by atoms with E-state index in [0.717, 1.165) is 45.2 Å². The third kappa shape index (κ3) is 8.04. The second-order valence-corrected chi connectivity index (χ2v) is 6.39. The summed E-state index contributed by atoms with van der Waals surface area (Å²) in [5.41, 5.74) is 0. The fourth-order valence-corrected chi connectivity index (χ4v) is 2.76. The maximum Gasteiger partial charge on any atom is 0.191 e. The Balaban J connectivity index is 2.16. The Kier molecular flexibility index (Phi) is 9.05. The van der Waals surface area contributed by atoms with E-state index in [1.165, 1.54) is 9.75 Å². The topological polar surface area (TPSA) is 48.9 Å². The Bertz CT molecular complexity index is 420. The van der Waals surface area contributed by atoms with Crippen LogP contribution in [0.15, 0.2) is 17.1 Å². The second kappa shape index (κ2) is 10.6. The van der Waals surface area contributed by atoms with E-state index in [1.54, 1.807) is 14.2 Å². The van der Waals surface area contributed by atoms with Crippen LogP contribution in [0.5, 0.6) is 0 Å². The molecular weight excluding hydrogens is 284 g/mol. The van der Waals surface area contributed by atoms with Gasteiger partial charge in [0.15, 0.2) is 5.96 Å². The standard InChI is InChI=1S/C15H28N4OS/c1-13-6-7-14(21-13)12-18-15(16-2)17-8-10-19(3)9-5-11-20-4/h6-7H,5,8-12H2,1-4H3,(H2,16,17,18). The molecule has 120 valence electrons. The van der Waals surface area contributed by atoms with Gasteiger partial charge < -0.3 is 20.3 Å². The van der Waals surface area contributed by atoms with Crippen LogP contribution in [0.1, 0.15) is 16.2 Å². The first-order valence-corrected chi connectivity index (χ1v) is 8.14. The first-order chi connectivity index (χ1) is 10.2. The maximum atomic E-state index is 5.06. The predicted octanol–water partition coefficient (Wildman–Crippen LogP) is 1.69. The van der Waals surface area contributed by atoms with E-state index in [4.69, 9.17) is 4.74 Å². The van der Waals surface area contributed by atoms with E-state index < -0.39 is 0 Å². The molecule has 0 aliphatic rings. The van der Waals surface area contributed by atoms with Gasteiger partial charge in [-0.05, 0) is 32.5 Å². The molecule has 2 N–H and O–H groups in total. The van der Waals surface area contributed by atoms with E-state index in [1.807, 2.05) is 11.3 Å². The number of rotatable bonds is 9. The summed E-state index contributed by atoms with van der Waals surface area (Å²) in [5, 5.41) is 6.67. The van der Waals surface area contributed by atoms with Crippen molar-refractivity contribution in [3.05, 3.63) is 21.9 Å². The van der Waals surface area contributed by atoms with Gasteiger partial charge in [-0.1, -0.05) is 0 Å². The van der Waals surface area contributed by atoms with Crippen LogP contribution in [-0.4, -0.2) is 58.3 Å². The summed E-state index contributed by atoms with van der Waals surface area (Å²) in [4.78, 5) is 9.20. The fourth-order valence-electron chi connectivity index (χ4n) is 1.93. The highest BCUT2D eigenvalue weighted by Gasteiger charge is 2.02. The zero-order chi connectivity index (χ0) is 15.5. The molecule has 1 aromatic rings. The van der Waals surface area contributed by atoms with E-state index in [0.29, 0.717) is 0 Å². The smallest absolute Gasteiger partial charge is 0.191 e. The third-order valence-electron chi connectivity index (χ3n) is 3.12. The van der Waals surface area contributed by atoms with Gasteiger partial charge in [0.25, 0.3) is 0 Å². The van der Waals surface area contributed by atoms with Gasteiger partial charge in [-0.2, -0.15) is 0 Å². The van der Waals surface area contributed by atoms with Crippen molar-refractivity contribution in [2.24, 2.45) is 4.99 Å². The third-order valence-corrected chi connectivity index (χ3v) is 4.12. The van der Waals surface area contributed by atoms with Crippen molar-refractivity contribution in [2.45, 2.75) is 19.9 Å². The highest BCUT2D eigenvalue weighted by molar-refractivity contribution is 7.11. The van der Waals surface area contributed by atoms with Crippen LogP contribution in [0.4, 0.5) is 0 Å². The number of ether oxygens (including phenoxy) is 1. The molecule has 0 amide bonds. The molecule has 6 heteroatoms. The zero-order valence-electron chi connectivity index (χ0n) is 13.6. The Morgan fingerprint density at radius 2 is 2.14 bits per heavy atom. The lowest BCUT2D eigenvalue weighted by atomic mass is 10.4. The predicted molar refractivity (Wildman–Crippen MR) is 91.2 cm³/mol. The molecule has 0 saturated carbocycles. The summed E-state index contributed by atoms with van der Waals surface area (Å²) in [7, 11) is 5.67. The summed E-state index contributed by atoms with van der Waals surface area (Å²) < 4.78 is 5.06. The van der Waals surface area contributed by atoms with Gasteiger partial charge in [0.2, 0.25) is 0 Å². The van der Waals surface area contributed by atoms with Crippen molar-refractivity contribution < 1.29 is 4.74 Å². The monoisotopic (exact) mass is 312 g/mol. The normalized spacial score (nSPS) is 12.0. The van der Waals surface area contributed by atoms with Gasteiger partial charge in [0.05, 0.1) is 6.54 Å². The van der Waals surface area contributed by atoms with Crippen molar-refractivity contribution in [1.82, 2.24) is 15.5 Å². The molecule has 0 bridgehead atoms. The van der Waals surface area contributed by atoms with Crippen LogP contribution in [0.25, 0.3) is 0 Å². The number of thiophene rings is 1. The van der Waals surface area contributed by atoms with Crippen LogP contribution in [0, 0.1) is 6.92 Å². The molecule has 1 rings (SSSR count). The molecule has 0 unspecified atom stereocenters. The van der Waals surface area contributed by atoms with Gasteiger partial charge in [-0.15, -0.1) is 11.3 Å². The number of aliphatic imine (C=N–C) groups is 1. The van der Waals surface area contributed by atoms with Crippen LogP contribution in [0.3, 0.4) is 0 Å². The van der Waals surface area contributed by atoms with Crippen molar-refractivity contribution in [2.75, 3.05) is 47.4 Å². The van der Waals surface area contributed by atoms with Gasteiger partial charge >= 0.3 is 0 Å². The molecule has 0 atom stereocenters. The first-order valence-electron chi connectivity index (χ1n) is 7.33. The molecule has 0 aliphatic carbocycles. The average Bonchev–Trinajstić information content (AvgIpc) is 2.88. The molecule has 0 radical (unpaired) electrons. The minimum Gasteiger partial charge on any atom is -0.385 e. The minimum absolute atomic E-state index is 0.821. The van der Waals surface area contributed by atoms with E-state index in [2.05, 4.69) is 46.6 Å². The van der Waals surface area contributed by atoms with Crippen molar-refractivity contribution in [3.8, 4) is 0 Å². The van der Waals surface area contributed by atoms with E-state index in [9.17, 15) is 0 Å². The number of nitrogens with one attached hydrogen (secondary N) is 2. The number of methoxy groups -OCH3 is 1. The Labute approximate surface area is 132 Å². The minimum atomic E-state index is 0.821. The molecule has 1 aromatic heterocycles. The molecule has 0 aromatic carbocycles. The summed E-state index contributed by atoms with van der Waals surface area (Å²) >= 11 is 1.81. The highest BCUT2D eigenvalue weighted by Crippen LogP contribution is 2.14. The van der Waals surface area contributed by atoms with Crippen molar-refractivity contribution >= 4 is 17.3 Å². The Morgan fingerprint density at radius 3 is 2.76 bits per heavy atom. The fraction of sp³-hybridized carbons (Fsp3) is 0.667. The van der Waals surface area contributed by atoms with Crippen LogP contribution in [0.2, 0.25) is 0 Å². The average molecular weight is 312 g/mol. The quantitative estimate of drug-likeness (QED) is 0.414. The molecule has 21 heavy (non-hydrogen) atoms. The highest BCUT2D eigenvalue weighted by atomic mass is 32.1. The Hall–Kier alpha value is -1.11. The molecule has 0 saturated heterocycles. The SMILES string of the molecule is CN=C(NCCN(C)CCCOC)NCc1ccc(C)s1. The van der Waals surface area contributed by atoms with Crippen molar-refractivity contribution in [3.63, 3.8) is 0 Å². The van der Waals surface area contributed by atoms with Gasteiger partial charge in [0, 0.05) is 50.2 Å². The summed E-state index contributed by atoms with van der Waals surface area (Å²) in [6, 6.07) is 4.30. The number of hydrogen-bond acceptors (Lipinski definition) is 4. The summed E-state index contributed by atoms with van der Waals surface area (Å²) in [5.74, 6) is 0.853. The van der Waals surface area contributed by atoms with Crippen LogP contribution < -0.4 is 10.6 Å². The largest absolute Gasteiger partial charge is 0.385 e. The first kappa shape index (κ1) is 17.9. The van der Waals surface area contributed by atoms with Crippen molar-refractivity contribution in [1.29, 1.82) is 0 Å². The lowest BCUT2D eigenvalue weighted by molar-refractivity contribution is 0.180. The lowest BCUT2D eigenvalue weighted by Crippen LogP contribution is -2.40. The molecule has 0 aliphatic heterocycles.